The van der Waals surface area contributed by atoms with E-state index in [0.29, 0.717) is 0 Å². The molecule has 0 saturated heterocycles. The van der Waals surface area contributed by atoms with Crippen LogP contribution in [0.5, 0.6) is 0 Å². The third-order valence-corrected chi connectivity index (χ3v) is 14.0. The minimum absolute atomic E-state index is 0.872. The molecule has 9 aromatic carbocycles. The lowest BCUT2D eigenvalue weighted by molar-refractivity contribution is 0.632. The van der Waals surface area contributed by atoms with Crippen molar-refractivity contribution in [2.24, 2.45) is 0 Å². The van der Waals surface area contributed by atoms with E-state index in [1.165, 1.54) is 110 Å². The van der Waals surface area contributed by atoms with Gasteiger partial charge in [0.05, 0.1) is 0 Å². The molecule has 0 aliphatic rings. The van der Waals surface area contributed by atoms with Crippen LogP contribution in [0.25, 0.3) is 99.5 Å². The fourth-order valence-corrected chi connectivity index (χ4v) is 10.0. The van der Waals surface area contributed by atoms with Crippen LogP contribution in [0.4, 0.5) is 0 Å². The first-order chi connectivity index (χ1) is 29.6. The molecule has 0 spiro atoms. The largest absolute Gasteiger partial charge is 0.456 e. The first-order valence-corrected chi connectivity index (χ1v) is 21.5. The lowest BCUT2D eigenvalue weighted by Gasteiger charge is -2.28. The van der Waals surface area contributed by atoms with Crippen LogP contribution in [0, 0.1) is 0 Å². The fraction of sp³-hybridized carbons (Fsp3) is 0. The Morgan fingerprint density at radius 1 is 0.279 bits per heavy atom. The molecule has 1 aromatic heterocycles. The van der Waals surface area contributed by atoms with Crippen molar-refractivity contribution in [2.45, 2.75) is 0 Å². The lowest BCUT2D eigenvalue weighted by atomic mass is 9.59. The molecule has 0 N–H and O–H groups in total. The van der Waals surface area contributed by atoms with Gasteiger partial charge in [0.2, 0.25) is 0 Å². The summed E-state index contributed by atoms with van der Waals surface area (Å²) in [4.78, 5) is 0. The van der Waals surface area contributed by atoms with Gasteiger partial charge in [-0.3, -0.25) is 0 Å². The number of fused-ring (bicyclic) bond motifs is 3. The van der Waals surface area contributed by atoms with Crippen LogP contribution in [0.2, 0.25) is 0 Å². The number of benzene rings is 9. The predicted octanol–water partition coefficient (Wildman–Crippen LogP) is 0.808. The van der Waals surface area contributed by atoms with Crippen molar-refractivity contribution in [3.63, 3.8) is 0 Å². The lowest BCUT2D eigenvalue weighted by Crippen LogP contribution is -2.50. The number of rotatable bonds is 6. The van der Waals surface area contributed by atoms with Gasteiger partial charge in [0, 0.05) is 10.9 Å². The highest BCUT2D eigenvalue weighted by Gasteiger charge is 2.25. The zero-order valence-corrected chi connectivity index (χ0v) is 36.4. The van der Waals surface area contributed by atoms with Gasteiger partial charge >= 0.3 is 0 Å². The van der Waals surface area contributed by atoms with E-state index in [0.717, 1.165) is 33.4 Å². The van der Waals surface area contributed by atoms with Crippen molar-refractivity contribution >= 4 is 139 Å². The van der Waals surface area contributed by atoms with E-state index in [1.807, 2.05) is 0 Å². The highest BCUT2D eigenvalue weighted by Crippen LogP contribution is 2.43. The average Bonchev–Trinajstić information content (AvgIpc) is 3.76. The third-order valence-electron chi connectivity index (χ3n) is 14.0. The van der Waals surface area contributed by atoms with Crippen LogP contribution < -0.4 is 43.7 Å². The molecular formula is C52H42B8O. The van der Waals surface area contributed by atoms with Gasteiger partial charge in [-0.05, 0) is 95.4 Å². The van der Waals surface area contributed by atoms with Crippen LogP contribution in [0.15, 0.2) is 162 Å². The monoisotopic (exact) mass is 770 g/mol. The van der Waals surface area contributed by atoms with Crippen LogP contribution >= 0.6 is 0 Å². The molecule has 0 unspecified atom stereocenters. The van der Waals surface area contributed by atoms with E-state index in [2.05, 4.69) is 220 Å². The summed E-state index contributed by atoms with van der Waals surface area (Å²) in [6.07, 6.45) is 0. The zero-order chi connectivity index (χ0) is 42.1. The maximum Gasteiger partial charge on any atom is 0.139 e. The summed E-state index contributed by atoms with van der Waals surface area (Å²) in [5.41, 5.74) is 25.1. The topological polar surface area (TPSA) is 13.1 Å². The normalized spacial score (nSPS) is 11.5. The molecule has 280 valence electrons. The Bertz CT molecular complexity index is 3300. The van der Waals surface area contributed by atoms with Crippen LogP contribution in [0.1, 0.15) is 0 Å². The maximum atomic E-state index is 6.70. The summed E-state index contributed by atoms with van der Waals surface area (Å²) in [7, 11) is 18.6. The summed E-state index contributed by atoms with van der Waals surface area (Å²) in [6.45, 7) is 0. The van der Waals surface area contributed by atoms with E-state index in [-0.39, 0.29) is 0 Å². The number of hydrogen-bond donors (Lipinski definition) is 0. The summed E-state index contributed by atoms with van der Waals surface area (Å²) in [5, 5.41) is 6.51. The quantitative estimate of drug-likeness (QED) is 0.181. The fourth-order valence-electron chi connectivity index (χ4n) is 10.0. The second-order valence-electron chi connectivity index (χ2n) is 17.0. The minimum Gasteiger partial charge on any atom is -0.456 e. The van der Waals surface area contributed by atoms with Crippen molar-refractivity contribution < 1.29 is 4.42 Å². The van der Waals surface area contributed by atoms with E-state index < -0.39 is 0 Å². The van der Waals surface area contributed by atoms with Crippen molar-refractivity contribution in [1.82, 2.24) is 0 Å². The second-order valence-corrected chi connectivity index (χ2v) is 17.0. The molecule has 0 aliphatic heterocycles. The second kappa shape index (κ2) is 15.2. The molecular weight excluding hydrogens is 727 g/mol. The van der Waals surface area contributed by atoms with Crippen molar-refractivity contribution in [2.75, 3.05) is 0 Å². The van der Waals surface area contributed by atoms with Crippen molar-refractivity contribution in [3.05, 3.63) is 158 Å². The van der Waals surface area contributed by atoms with E-state index in [1.54, 1.807) is 0 Å². The average molecular weight is 769 g/mol. The summed E-state index contributed by atoms with van der Waals surface area (Å²) in [6, 6.07) is 57.1. The Labute approximate surface area is 366 Å². The predicted molar refractivity (Wildman–Crippen MR) is 289 cm³/mol. The Morgan fingerprint density at radius 3 is 1.26 bits per heavy atom. The zero-order valence-electron chi connectivity index (χ0n) is 36.4. The highest BCUT2D eigenvalue weighted by atomic mass is 16.3. The molecule has 0 aliphatic carbocycles. The Morgan fingerprint density at radius 2 is 0.689 bits per heavy atom. The molecule has 9 heteroatoms. The van der Waals surface area contributed by atoms with E-state index in [9.17, 15) is 0 Å². The van der Waals surface area contributed by atoms with Gasteiger partial charge in [-0.2, -0.15) is 0 Å². The van der Waals surface area contributed by atoms with Crippen LogP contribution in [-0.2, 0) is 0 Å². The first-order valence-electron chi connectivity index (χ1n) is 21.5. The maximum absolute atomic E-state index is 6.70. The SMILES string of the molecule is Bc1c(B)c(B)c2c(-c3cccc(-c4cccc5oc(-c6ccccc6-c6ccccc6)cc45)c3)c3c(B)c(B)c(B)c(B)c3c(-c3ccc(-c4ccccc4)cc3)c2c1B. The Hall–Kier alpha value is -6.44. The molecule has 0 amide bonds. The Kier molecular flexibility index (Phi) is 9.67. The number of hydrogen-bond acceptors (Lipinski definition) is 1. The van der Waals surface area contributed by atoms with Gasteiger partial charge in [0.25, 0.3) is 0 Å². The van der Waals surface area contributed by atoms with Gasteiger partial charge in [0.1, 0.15) is 74.1 Å². The molecule has 10 rings (SSSR count). The molecule has 61 heavy (non-hydrogen) atoms. The van der Waals surface area contributed by atoms with E-state index >= 15 is 0 Å². The third kappa shape index (κ3) is 6.28. The van der Waals surface area contributed by atoms with Gasteiger partial charge in [-0.25, -0.2) is 0 Å². The summed E-state index contributed by atoms with van der Waals surface area (Å²) >= 11 is 0. The van der Waals surface area contributed by atoms with Gasteiger partial charge in [-0.15, -0.1) is 21.9 Å². The summed E-state index contributed by atoms with van der Waals surface area (Å²) in [5.74, 6) is 0.872. The van der Waals surface area contributed by atoms with Crippen LogP contribution in [-0.4, -0.2) is 62.8 Å². The van der Waals surface area contributed by atoms with Crippen molar-refractivity contribution in [1.29, 1.82) is 0 Å². The smallest absolute Gasteiger partial charge is 0.139 e. The highest BCUT2D eigenvalue weighted by molar-refractivity contribution is 6.71. The van der Waals surface area contributed by atoms with Crippen molar-refractivity contribution in [3.8, 4) is 67.0 Å². The molecule has 0 saturated carbocycles. The standard InChI is InChI=1S/C52H42B8O/c53-45-41-39(30-23-21-28(22-24-30)27-11-3-1-4-12-27)42-44(48(56)52(60)50(58)46(42)54)40(43(41)47(55)51(59)49(45)57)32-16-9-15-31(25-32)34-19-10-20-37-36(34)26-38(61-37)35-18-8-7-17-33(35)29-13-5-2-6-14-29/h1-26H,53-60H2. The Balaban J connectivity index is 1.24. The summed E-state index contributed by atoms with van der Waals surface area (Å²) < 4.78 is 6.70. The van der Waals surface area contributed by atoms with Gasteiger partial charge in [-0.1, -0.05) is 161 Å². The van der Waals surface area contributed by atoms with Crippen LogP contribution in [0.3, 0.4) is 0 Å². The molecule has 0 atom stereocenters. The molecule has 0 bridgehead atoms. The minimum atomic E-state index is 0.872. The molecule has 0 fully saturated rings. The van der Waals surface area contributed by atoms with Gasteiger partial charge in [0.15, 0.2) is 0 Å². The van der Waals surface area contributed by atoms with E-state index in [4.69, 9.17) is 4.42 Å². The molecule has 1 heterocycles. The van der Waals surface area contributed by atoms with Gasteiger partial charge < -0.3 is 4.42 Å². The molecule has 10 aromatic rings. The molecule has 0 radical (unpaired) electrons. The first kappa shape index (κ1) is 38.7. The molecule has 1 nitrogen and oxygen atoms in total. The number of furan rings is 1.